The van der Waals surface area contributed by atoms with Gasteiger partial charge in [-0.15, -0.1) is 0 Å². The SMILES string of the molecule is Cc1ccc2c(Nc3cccc(Cl)c3F)nccc2c1N1CN=C(N)c2cc(N3CCOCC3)ccc21. The molecule has 3 N–H and O–H groups in total. The van der Waals surface area contributed by atoms with Gasteiger partial charge in [0, 0.05) is 41.3 Å². The number of hydrogen-bond acceptors (Lipinski definition) is 7. The standard InChI is InChI=1S/C28H26ClFN6O/c1-17-5-7-20-19(9-10-32-28(20)34-23-4-2-3-22(29)25(23)30)26(17)36-16-33-27(31)21-15-18(6-8-24(21)36)35-11-13-37-14-12-35/h2-10,15H,11-14,16H2,1H3,(H2,31,33)(H,32,34). The molecule has 188 valence electrons. The summed E-state index contributed by atoms with van der Waals surface area (Å²) in [4.78, 5) is 13.6. The van der Waals surface area contributed by atoms with E-state index in [1.54, 1.807) is 18.3 Å². The van der Waals surface area contributed by atoms with Gasteiger partial charge in [0.25, 0.3) is 0 Å². The number of amidine groups is 1. The van der Waals surface area contributed by atoms with Crippen LogP contribution >= 0.6 is 11.6 Å². The zero-order chi connectivity index (χ0) is 25.5. The summed E-state index contributed by atoms with van der Waals surface area (Å²) in [6.45, 7) is 5.58. The number of anilines is 5. The average molecular weight is 517 g/mol. The summed E-state index contributed by atoms with van der Waals surface area (Å²) in [6, 6.07) is 17.2. The molecule has 0 spiro atoms. The Morgan fingerprint density at radius 2 is 1.89 bits per heavy atom. The second kappa shape index (κ2) is 9.53. The van der Waals surface area contributed by atoms with Gasteiger partial charge in [-0.05, 0) is 48.9 Å². The minimum atomic E-state index is -0.513. The summed E-state index contributed by atoms with van der Waals surface area (Å²) in [5.74, 6) is 0.559. The Morgan fingerprint density at radius 1 is 1.05 bits per heavy atom. The highest BCUT2D eigenvalue weighted by atomic mass is 35.5. The van der Waals surface area contributed by atoms with Crippen molar-refractivity contribution in [3.8, 4) is 0 Å². The smallest absolute Gasteiger partial charge is 0.165 e. The number of aliphatic imine (C=N–C) groups is 1. The van der Waals surface area contributed by atoms with E-state index in [1.807, 2.05) is 18.2 Å². The van der Waals surface area contributed by atoms with Gasteiger partial charge in [0.15, 0.2) is 5.82 Å². The molecule has 9 heteroatoms. The van der Waals surface area contributed by atoms with Crippen molar-refractivity contribution >= 4 is 56.8 Å². The third-order valence-electron chi connectivity index (χ3n) is 6.90. The molecule has 0 atom stereocenters. The molecule has 7 nitrogen and oxygen atoms in total. The van der Waals surface area contributed by atoms with Gasteiger partial charge in [0.05, 0.1) is 35.3 Å². The van der Waals surface area contributed by atoms with Gasteiger partial charge in [0.2, 0.25) is 0 Å². The number of aryl methyl sites for hydroxylation is 1. The summed E-state index contributed by atoms with van der Waals surface area (Å²) in [5, 5.41) is 5.01. The van der Waals surface area contributed by atoms with Crippen molar-refractivity contribution < 1.29 is 9.13 Å². The second-order valence-electron chi connectivity index (χ2n) is 9.13. The Bertz CT molecular complexity index is 1540. The van der Waals surface area contributed by atoms with Crippen LogP contribution in [0.4, 0.5) is 33.0 Å². The molecule has 1 saturated heterocycles. The van der Waals surface area contributed by atoms with E-state index < -0.39 is 5.82 Å². The van der Waals surface area contributed by atoms with E-state index in [1.165, 1.54) is 6.07 Å². The summed E-state index contributed by atoms with van der Waals surface area (Å²) in [5.41, 5.74) is 11.7. The summed E-state index contributed by atoms with van der Waals surface area (Å²) >= 11 is 5.99. The van der Waals surface area contributed by atoms with Gasteiger partial charge in [-0.2, -0.15) is 0 Å². The van der Waals surface area contributed by atoms with Crippen LogP contribution in [-0.4, -0.2) is 43.8 Å². The number of halogens is 2. The highest BCUT2D eigenvalue weighted by molar-refractivity contribution is 6.31. The van der Waals surface area contributed by atoms with Crippen molar-refractivity contribution in [3.05, 3.63) is 82.8 Å². The van der Waals surface area contributed by atoms with E-state index in [9.17, 15) is 4.39 Å². The first-order valence-electron chi connectivity index (χ1n) is 12.1. The first kappa shape index (κ1) is 23.5. The first-order chi connectivity index (χ1) is 18.0. The van der Waals surface area contributed by atoms with Crippen molar-refractivity contribution in [1.29, 1.82) is 0 Å². The number of pyridine rings is 1. The highest BCUT2D eigenvalue weighted by Gasteiger charge is 2.25. The number of nitrogens with one attached hydrogen (secondary N) is 1. The zero-order valence-corrected chi connectivity index (χ0v) is 21.1. The van der Waals surface area contributed by atoms with Crippen LogP contribution in [0.5, 0.6) is 0 Å². The van der Waals surface area contributed by atoms with E-state index in [4.69, 9.17) is 22.1 Å². The highest BCUT2D eigenvalue weighted by Crippen LogP contribution is 2.41. The van der Waals surface area contributed by atoms with Crippen LogP contribution in [0.3, 0.4) is 0 Å². The van der Waals surface area contributed by atoms with Crippen molar-refractivity contribution in [1.82, 2.24) is 4.98 Å². The predicted molar refractivity (Wildman–Crippen MR) is 148 cm³/mol. The van der Waals surface area contributed by atoms with Crippen molar-refractivity contribution in [2.75, 3.05) is 48.1 Å². The van der Waals surface area contributed by atoms with Crippen LogP contribution in [-0.2, 0) is 4.74 Å². The second-order valence-corrected chi connectivity index (χ2v) is 9.53. The van der Waals surface area contributed by atoms with Gasteiger partial charge in [-0.25, -0.2) is 14.4 Å². The third kappa shape index (κ3) is 4.22. The molecule has 4 aromatic rings. The maximum Gasteiger partial charge on any atom is 0.165 e. The van der Waals surface area contributed by atoms with Crippen LogP contribution in [0.25, 0.3) is 10.8 Å². The topological polar surface area (TPSA) is 79.0 Å². The Labute approximate surface area is 219 Å². The molecule has 0 saturated carbocycles. The van der Waals surface area contributed by atoms with Gasteiger partial charge in [0.1, 0.15) is 18.3 Å². The van der Waals surface area contributed by atoms with Crippen molar-refractivity contribution in [2.24, 2.45) is 10.7 Å². The Morgan fingerprint density at radius 3 is 2.73 bits per heavy atom. The maximum atomic E-state index is 14.6. The molecule has 0 amide bonds. The predicted octanol–water partition coefficient (Wildman–Crippen LogP) is 5.73. The lowest BCUT2D eigenvalue weighted by atomic mass is 10.0. The van der Waals surface area contributed by atoms with Crippen molar-refractivity contribution in [2.45, 2.75) is 6.92 Å². The maximum absolute atomic E-state index is 14.6. The largest absolute Gasteiger partial charge is 0.383 e. The van der Waals surface area contributed by atoms with E-state index >= 15 is 0 Å². The molecule has 3 heterocycles. The molecule has 6 rings (SSSR count). The molecule has 0 bridgehead atoms. The number of benzene rings is 3. The molecule has 3 aromatic carbocycles. The summed E-state index contributed by atoms with van der Waals surface area (Å²) in [7, 11) is 0. The van der Waals surface area contributed by atoms with E-state index in [-0.39, 0.29) is 10.7 Å². The number of morpholine rings is 1. The quantitative estimate of drug-likeness (QED) is 0.360. The van der Waals surface area contributed by atoms with E-state index in [2.05, 4.69) is 50.2 Å². The molecule has 2 aliphatic heterocycles. The zero-order valence-electron chi connectivity index (χ0n) is 20.3. The van der Waals surface area contributed by atoms with Crippen LogP contribution in [0.15, 0.2) is 65.8 Å². The van der Waals surface area contributed by atoms with Gasteiger partial charge < -0.3 is 25.6 Å². The fourth-order valence-electron chi connectivity index (χ4n) is 5.02. The summed E-state index contributed by atoms with van der Waals surface area (Å²) < 4.78 is 20.1. The number of rotatable bonds is 4. The van der Waals surface area contributed by atoms with Gasteiger partial charge in [-0.1, -0.05) is 29.8 Å². The lowest BCUT2D eigenvalue weighted by molar-refractivity contribution is 0.122. The minimum Gasteiger partial charge on any atom is -0.383 e. The van der Waals surface area contributed by atoms with Gasteiger partial charge >= 0.3 is 0 Å². The number of aromatic nitrogens is 1. The average Bonchev–Trinajstić information content (AvgIpc) is 2.92. The summed E-state index contributed by atoms with van der Waals surface area (Å²) in [6.07, 6.45) is 1.72. The van der Waals surface area contributed by atoms with E-state index in [0.717, 1.165) is 52.1 Å². The molecule has 0 radical (unpaired) electrons. The van der Waals surface area contributed by atoms with Crippen molar-refractivity contribution in [3.63, 3.8) is 0 Å². The van der Waals surface area contributed by atoms with Crippen LogP contribution < -0.4 is 20.9 Å². The Balaban J connectivity index is 1.44. The number of fused-ring (bicyclic) bond motifs is 2. The first-order valence-corrected chi connectivity index (χ1v) is 12.5. The minimum absolute atomic E-state index is 0.0543. The Hall–Kier alpha value is -3.88. The van der Waals surface area contributed by atoms with Crippen LogP contribution in [0, 0.1) is 12.7 Å². The molecular weight excluding hydrogens is 491 g/mol. The van der Waals surface area contributed by atoms with Crippen LogP contribution in [0.2, 0.25) is 5.02 Å². The number of ether oxygens (including phenoxy) is 1. The molecule has 0 aliphatic carbocycles. The lowest BCUT2D eigenvalue weighted by Gasteiger charge is -2.34. The molecule has 37 heavy (non-hydrogen) atoms. The Kier molecular flexibility index (Phi) is 6.06. The lowest BCUT2D eigenvalue weighted by Crippen LogP contribution is -2.37. The van der Waals surface area contributed by atoms with E-state index in [0.29, 0.717) is 31.5 Å². The molecular formula is C28H26ClFN6O. The van der Waals surface area contributed by atoms with Gasteiger partial charge in [-0.3, -0.25) is 0 Å². The fraction of sp³-hybridized carbons (Fsp3) is 0.214. The number of nitrogens with two attached hydrogens (primary N) is 1. The monoisotopic (exact) mass is 516 g/mol. The normalized spacial score (nSPS) is 15.5. The molecule has 0 unspecified atom stereocenters. The molecule has 1 aromatic heterocycles. The third-order valence-corrected chi connectivity index (χ3v) is 7.19. The molecule has 1 fully saturated rings. The van der Waals surface area contributed by atoms with Crippen LogP contribution in [0.1, 0.15) is 11.1 Å². The fourth-order valence-corrected chi connectivity index (χ4v) is 5.19. The molecule has 2 aliphatic rings. The number of hydrogen-bond donors (Lipinski definition) is 2. The number of nitrogens with zero attached hydrogens (tertiary/aromatic N) is 4.